The Morgan fingerprint density at radius 1 is 1.28 bits per heavy atom. The lowest BCUT2D eigenvalue weighted by molar-refractivity contribution is 0.00420. The van der Waals surface area contributed by atoms with Crippen molar-refractivity contribution in [2.24, 2.45) is 5.92 Å². The molecule has 0 aromatic heterocycles. The zero-order chi connectivity index (χ0) is 13.3. The van der Waals surface area contributed by atoms with Gasteiger partial charge in [0.25, 0.3) is 0 Å². The molecule has 1 aliphatic rings. The molecule has 2 nitrogen and oxygen atoms in total. The standard InChI is InChI=1S/C16H22O2/c1-11-7-9-16(18,10-8-11)15(17)14-6-4-5-12(2)13(14)3/h4-6,11,18H,7-10H2,1-3H3. The molecule has 0 bridgehead atoms. The largest absolute Gasteiger partial charge is 0.382 e. The predicted molar refractivity (Wildman–Crippen MR) is 72.8 cm³/mol. The van der Waals surface area contributed by atoms with Crippen molar-refractivity contribution in [2.45, 2.75) is 52.1 Å². The van der Waals surface area contributed by atoms with Gasteiger partial charge in [-0.05, 0) is 56.6 Å². The molecule has 0 spiro atoms. The second kappa shape index (κ2) is 4.85. The molecule has 1 aliphatic carbocycles. The fourth-order valence-electron chi connectivity index (χ4n) is 2.71. The topological polar surface area (TPSA) is 37.3 Å². The van der Waals surface area contributed by atoms with Gasteiger partial charge >= 0.3 is 0 Å². The van der Waals surface area contributed by atoms with Crippen molar-refractivity contribution in [1.29, 1.82) is 0 Å². The van der Waals surface area contributed by atoms with Gasteiger partial charge in [-0.3, -0.25) is 4.79 Å². The summed E-state index contributed by atoms with van der Waals surface area (Å²) in [5.74, 6) is 0.535. The van der Waals surface area contributed by atoms with Crippen LogP contribution in [0.15, 0.2) is 18.2 Å². The van der Waals surface area contributed by atoms with E-state index in [1.165, 1.54) is 0 Å². The van der Waals surface area contributed by atoms with E-state index in [4.69, 9.17) is 0 Å². The zero-order valence-corrected chi connectivity index (χ0v) is 11.5. The number of Topliss-reactive ketones (excluding diaryl/α,β-unsaturated/α-hetero) is 1. The van der Waals surface area contributed by atoms with Crippen LogP contribution >= 0.6 is 0 Å². The minimum atomic E-state index is -1.13. The van der Waals surface area contributed by atoms with E-state index in [1.807, 2.05) is 32.0 Å². The minimum absolute atomic E-state index is 0.0874. The van der Waals surface area contributed by atoms with Crippen molar-refractivity contribution in [3.8, 4) is 0 Å². The lowest BCUT2D eigenvalue weighted by atomic mass is 9.75. The van der Waals surface area contributed by atoms with Gasteiger partial charge in [-0.1, -0.05) is 25.1 Å². The zero-order valence-electron chi connectivity index (χ0n) is 11.5. The molecule has 0 unspecified atom stereocenters. The van der Waals surface area contributed by atoms with E-state index in [2.05, 4.69) is 6.92 Å². The van der Waals surface area contributed by atoms with Gasteiger partial charge in [0.2, 0.25) is 0 Å². The molecule has 98 valence electrons. The second-order valence-electron chi connectivity index (χ2n) is 5.79. The normalized spacial score (nSPS) is 28.1. The average Bonchev–Trinajstić information content (AvgIpc) is 2.36. The summed E-state index contributed by atoms with van der Waals surface area (Å²) < 4.78 is 0. The Kier molecular flexibility index (Phi) is 3.58. The summed E-state index contributed by atoms with van der Waals surface area (Å²) in [4.78, 5) is 12.6. The third-order valence-corrected chi connectivity index (χ3v) is 4.37. The first-order valence-corrected chi connectivity index (χ1v) is 6.77. The van der Waals surface area contributed by atoms with Crippen molar-refractivity contribution in [3.05, 3.63) is 34.9 Å². The maximum atomic E-state index is 12.6. The number of carbonyl (C=O) groups is 1. The Hall–Kier alpha value is -1.15. The summed E-state index contributed by atoms with van der Waals surface area (Å²) in [7, 11) is 0. The number of hydrogen-bond donors (Lipinski definition) is 1. The molecule has 18 heavy (non-hydrogen) atoms. The Morgan fingerprint density at radius 2 is 1.89 bits per heavy atom. The summed E-state index contributed by atoms with van der Waals surface area (Å²) in [5.41, 5.74) is 1.65. The monoisotopic (exact) mass is 246 g/mol. The third-order valence-electron chi connectivity index (χ3n) is 4.37. The van der Waals surface area contributed by atoms with E-state index in [1.54, 1.807) is 0 Å². The van der Waals surface area contributed by atoms with Gasteiger partial charge in [0.1, 0.15) is 5.60 Å². The summed E-state index contributed by atoms with van der Waals surface area (Å²) >= 11 is 0. The van der Waals surface area contributed by atoms with E-state index >= 15 is 0 Å². The van der Waals surface area contributed by atoms with Gasteiger partial charge in [-0.25, -0.2) is 0 Å². The SMILES string of the molecule is Cc1cccc(C(=O)C2(O)CCC(C)CC2)c1C. The molecule has 0 radical (unpaired) electrons. The van der Waals surface area contributed by atoms with E-state index in [9.17, 15) is 9.90 Å². The van der Waals surface area contributed by atoms with Crippen LogP contribution < -0.4 is 0 Å². The number of aryl methyl sites for hydroxylation is 1. The summed E-state index contributed by atoms with van der Waals surface area (Å²) in [6.45, 7) is 6.14. The molecule has 0 saturated heterocycles. The summed E-state index contributed by atoms with van der Waals surface area (Å²) in [6, 6.07) is 5.73. The third kappa shape index (κ3) is 2.35. The summed E-state index contributed by atoms with van der Waals surface area (Å²) in [6.07, 6.45) is 3.07. The second-order valence-corrected chi connectivity index (χ2v) is 5.79. The minimum Gasteiger partial charge on any atom is -0.382 e. The molecule has 1 N–H and O–H groups in total. The van der Waals surface area contributed by atoms with Crippen LogP contribution in [0, 0.1) is 19.8 Å². The van der Waals surface area contributed by atoms with Crippen molar-refractivity contribution in [3.63, 3.8) is 0 Å². The van der Waals surface area contributed by atoms with Crippen molar-refractivity contribution in [1.82, 2.24) is 0 Å². The van der Waals surface area contributed by atoms with Crippen LogP contribution in [-0.4, -0.2) is 16.5 Å². The average molecular weight is 246 g/mol. The van der Waals surface area contributed by atoms with Crippen LogP contribution in [0.2, 0.25) is 0 Å². The number of ketones is 1. The highest BCUT2D eigenvalue weighted by atomic mass is 16.3. The van der Waals surface area contributed by atoms with Gasteiger partial charge in [0.15, 0.2) is 5.78 Å². The Bertz CT molecular complexity index is 454. The first-order valence-electron chi connectivity index (χ1n) is 6.77. The van der Waals surface area contributed by atoms with Gasteiger partial charge in [-0.15, -0.1) is 0 Å². The first-order chi connectivity index (χ1) is 8.44. The Labute approximate surface area is 109 Å². The van der Waals surface area contributed by atoms with E-state index in [0.29, 0.717) is 24.3 Å². The van der Waals surface area contributed by atoms with Crippen LogP contribution in [0.5, 0.6) is 0 Å². The molecule has 2 rings (SSSR count). The molecule has 1 aromatic carbocycles. The molecule has 0 atom stereocenters. The first kappa shape index (κ1) is 13.3. The lowest BCUT2D eigenvalue weighted by Crippen LogP contribution is -2.42. The fourth-order valence-corrected chi connectivity index (χ4v) is 2.71. The molecule has 1 fully saturated rings. The van der Waals surface area contributed by atoms with E-state index in [-0.39, 0.29) is 5.78 Å². The van der Waals surface area contributed by atoms with Crippen LogP contribution in [0.4, 0.5) is 0 Å². The molecule has 0 heterocycles. The predicted octanol–water partition coefficient (Wildman–Crippen LogP) is 3.43. The van der Waals surface area contributed by atoms with Crippen molar-refractivity contribution < 1.29 is 9.90 Å². The van der Waals surface area contributed by atoms with E-state index in [0.717, 1.165) is 24.0 Å². The highest BCUT2D eigenvalue weighted by Crippen LogP contribution is 2.35. The smallest absolute Gasteiger partial charge is 0.194 e. The van der Waals surface area contributed by atoms with Crippen molar-refractivity contribution >= 4 is 5.78 Å². The fraction of sp³-hybridized carbons (Fsp3) is 0.562. The Morgan fingerprint density at radius 3 is 2.50 bits per heavy atom. The molecule has 1 aromatic rings. The molecule has 0 aliphatic heterocycles. The molecule has 0 amide bonds. The number of hydrogen-bond acceptors (Lipinski definition) is 2. The van der Waals surface area contributed by atoms with Crippen LogP contribution in [0.25, 0.3) is 0 Å². The Balaban J connectivity index is 2.28. The number of carbonyl (C=O) groups excluding carboxylic acids is 1. The van der Waals surface area contributed by atoms with Gasteiger partial charge in [0.05, 0.1) is 0 Å². The molecule has 1 saturated carbocycles. The van der Waals surface area contributed by atoms with Crippen LogP contribution in [0.3, 0.4) is 0 Å². The van der Waals surface area contributed by atoms with E-state index < -0.39 is 5.60 Å². The van der Waals surface area contributed by atoms with Crippen molar-refractivity contribution in [2.75, 3.05) is 0 Å². The highest BCUT2D eigenvalue weighted by molar-refractivity contribution is 6.03. The van der Waals surface area contributed by atoms with Gasteiger partial charge in [-0.2, -0.15) is 0 Å². The highest BCUT2D eigenvalue weighted by Gasteiger charge is 2.39. The lowest BCUT2D eigenvalue weighted by Gasteiger charge is -2.34. The molecular weight excluding hydrogens is 224 g/mol. The number of rotatable bonds is 2. The van der Waals surface area contributed by atoms with Gasteiger partial charge < -0.3 is 5.11 Å². The molecule has 2 heteroatoms. The number of aliphatic hydroxyl groups is 1. The van der Waals surface area contributed by atoms with Crippen LogP contribution in [0.1, 0.15) is 54.1 Å². The molecular formula is C16H22O2. The van der Waals surface area contributed by atoms with Gasteiger partial charge in [0, 0.05) is 5.56 Å². The summed E-state index contributed by atoms with van der Waals surface area (Å²) in [5, 5.41) is 10.6. The quantitative estimate of drug-likeness (QED) is 0.812. The number of benzene rings is 1. The maximum absolute atomic E-state index is 12.6. The maximum Gasteiger partial charge on any atom is 0.194 e. The van der Waals surface area contributed by atoms with Crippen LogP contribution in [-0.2, 0) is 0 Å².